The number of H-pyrrole nitrogens is 1. The van der Waals surface area contributed by atoms with E-state index in [9.17, 15) is 4.79 Å². The van der Waals surface area contributed by atoms with Crippen LogP contribution in [0.15, 0.2) is 60.9 Å². The summed E-state index contributed by atoms with van der Waals surface area (Å²) in [7, 11) is 0. The van der Waals surface area contributed by atoms with Gasteiger partial charge >= 0.3 is 0 Å². The van der Waals surface area contributed by atoms with E-state index in [1.807, 2.05) is 42.6 Å². The zero-order valence-corrected chi connectivity index (χ0v) is 13.1. The number of nitrogens with zero attached hydrogens (tertiary/aromatic N) is 2. The molecule has 0 bridgehead atoms. The summed E-state index contributed by atoms with van der Waals surface area (Å²) in [5, 5.41) is 9.94. The first-order valence-corrected chi connectivity index (χ1v) is 7.91. The highest BCUT2D eigenvalue weighted by Gasteiger charge is 2.31. The summed E-state index contributed by atoms with van der Waals surface area (Å²) in [5.74, 6) is 0.0266. The summed E-state index contributed by atoms with van der Waals surface area (Å²) in [6, 6.07) is 17.3. The molecule has 1 aliphatic carbocycles. The minimum atomic E-state index is 0.0266. The molecule has 4 nitrogen and oxygen atoms in total. The van der Waals surface area contributed by atoms with E-state index < -0.39 is 0 Å². The lowest BCUT2D eigenvalue weighted by Gasteiger charge is -2.05. The van der Waals surface area contributed by atoms with E-state index in [1.165, 1.54) is 0 Å². The van der Waals surface area contributed by atoms with Crippen molar-refractivity contribution in [3.05, 3.63) is 77.6 Å². The fourth-order valence-corrected chi connectivity index (χ4v) is 3.50. The van der Waals surface area contributed by atoms with Crippen molar-refractivity contribution in [3.63, 3.8) is 0 Å². The molecular formula is C21H11N3O. The second-order valence-electron chi connectivity index (χ2n) is 6.08. The second-order valence-corrected chi connectivity index (χ2v) is 6.08. The molecule has 0 saturated heterocycles. The molecule has 0 fully saturated rings. The first-order chi connectivity index (χ1) is 12.3. The Labute approximate surface area is 143 Å². The van der Waals surface area contributed by atoms with Crippen LogP contribution in [0.2, 0.25) is 0 Å². The molecule has 0 saturated carbocycles. The number of ketones is 1. The third-order valence-electron chi connectivity index (χ3n) is 4.68. The summed E-state index contributed by atoms with van der Waals surface area (Å²) in [5.41, 5.74) is 6.54. The van der Waals surface area contributed by atoms with Gasteiger partial charge in [-0.25, -0.2) is 0 Å². The monoisotopic (exact) mass is 321 g/mol. The van der Waals surface area contributed by atoms with Crippen LogP contribution in [0.4, 0.5) is 0 Å². The highest BCUT2D eigenvalue weighted by molar-refractivity contribution is 6.27. The number of benzene rings is 2. The van der Waals surface area contributed by atoms with Crippen molar-refractivity contribution < 1.29 is 4.79 Å². The van der Waals surface area contributed by atoms with Gasteiger partial charge in [0.25, 0.3) is 0 Å². The molecule has 0 unspecified atom stereocenters. The highest BCUT2D eigenvalue weighted by atomic mass is 16.1. The van der Waals surface area contributed by atoms with Crippen molar-refractivity contribution in [2.75, 3.05) is 0 Å². The SMILES string of the molecule is N#Cc1ccc2c3c([nH]c2c1)-c1cc(-c2cccnc2)ccc1C3=O. The van der Waals surface area contributed by atoms with E-state index in [1.54, 1.807) is 18.3 Å². The van der Waals surface area contributed by atoms with E-state index in [0.717, 1.165) is 33.3 Å². The Hall–Kier alpha value is -3.71. The predicted molar refractivity (Wildman–Crippen MR) is 95.1 cm³/mol. The van der Waals surface area contributed by atoms with Gasteiger partial charge in [0.1, 0.15) is 0 Å². The molecule has 25 heavy (non-hydrogen) atoms. The summed E-state index contributed by atoms with van der Waals surface area (Å²) >= 11 is 0. The van der Waals surface area contributed by atoms with Gasteiger partial charge in [-0.15, -0.1) is 0 Å². The number of hydrogen-bond donors (Lipinski definition) is 1. The Balaban J connectivity index is 1.76. The smallest absolute Gasteiger partial charge is 0.196 e. The standard InChI is InChI=1S/C21H11N3O/c22-10-12-3-5-16-18(8-12)24-20-17-9-13(14-2-1-7-23-11-14)4-6-15(17)21(25)19(16)20/h1-9,11,24H. The van der Waals surface area contributed by atoms with Crippen LogP contribution in [0.3, 0.4) is 0 Å². The van der Waals surface area contributed by atoms with E-state index in [4.69, 9.17) is 5.26 Å². The first kappa shape index (κ1) is 13.7. The number of fused-ring (bicyclic) bond motifs is 5. The van der Waals surface area contributed by atoms with Crippen molar-refractivity contribution in [1.29, 1.82) is 5.26 Å². The molecular weight excluding hydrogens is 310 g/mol. The number of rotatable bonds is 1. The largest absolute Gasteiger partial charge is 0.354 e. The number of carbonyl (C=O) groups excluding carboxylic acids is 1. The molecule has 116 valence electrons. The van der Waals surface area contributed by atoms with Crippen LogP contribution in [-0.2, 0) is 0 Å². The summed E-state index contributed by atoms with van der Waals surface area (Å²) < 4.78 is 0. The maximum atomic E-state index is 12.9. The van der Waals surface area contributed by atoms with Crippen LogP contribution in [0.5, 0.6) is 0 Å². The third-order valence-corrected chi connectivity index (χ3v) is 4.68. The fraction of sp³-hybridized carbons (Fsp3) is 0. The minimum absolute atomic E-state index is 0.0266. The number of aromatic nitrogens is 2. The molecule has 0 aliphatic heterocycles. The number of nitrogens with one attached hydrogen (secondary N) is 1. The molecule has 5 rings (SSSR count). The Morgan fingerprint density at radius 3 is 2.72 bits per heavy atom. The Morgan fingerprint density at radius 1 is 1.00 bits per heavy atom. The summed E-state index contributed by atoms with van der Waals surface area (Å²) in [6.07, 6.45) is 3.55. The van der Waals surface area contributed by atoms with Crippen molar-refractivity contribution in [1.82, 2.24) is 9.97 Å². The zero-order chi connectivity index (χ0) is 17.0. The molecule has 0 radical (unpaired) electrons. The number of pyridine rings is 1. The number of hydrogen-bond acceptors (Lipinski definition) is 3. The Bertz CT molecular complexity index is 1210. The zero-order valence-electron chi connectivity index (χ0n) is 13.1. The maximum Gasteiger partial charge on any atom is 0.196 e. The van der Waals surface area contributed by atoms with Gasteiger partial charge in [0.15, 0.2) is 5.78 Å². The average molecular weight is 321 g/mol. The molecule has 2 heterocycles. The molecule has 0 amide bonds. The van der Waals surface area contributed by atoms with Crippen molar-refractivity contribution in [2.24, 2.45) is 0 Å². The molecule has 2 aromatic carbocycles. The summed E-state index contributed by atoms with van der Waals surface area (Å²) in [4.78, 5) is 20.4. The fourth-order valence-electron chi connectivity index (χ4n) is 3.50. The highest BCUT2D eigenvalue weighted by Crippen LogP contribution is 2.42. The van der Waals surface area contributed by atoms with Crippen LogP contribution >= 0.6 is 0 Å². The molecule has 1 N–H and O–H groups in total. The normalized spacial score (nSPS) is 12.0. The second kappa shape index (κ2) is 4.89. The van der Waals surface area contributed by atoms with Gasteiger partial charge in [0, 0.05) is 40.0 Å². The van der Waals surface area contributed by atoms with Gasteiger partial charge in [0.2, 0.25) is 0 Å². The first-order valence-electron chi connectivity index (χ1n) is 7.91. The maximum absolute atomic E-state index is 12.9. The van der Waals surface area contributed by atoms with E-state index in [2.05, 4.69) is 16.0 Å². The number of nitriles is 1. The van der Waals surface area contributed by atoms with E-state index in [-0.39, 0.29) is 5.78 Å². The average Bonchev–Trinajstić information content (AvgIpc) is 3.17. The van der Waals surface area contributed by atoms with Crippen LogP contribution in [0.1, 0.15) is 21.5 Å². The minimum Gasteiger partial charge on any atom is -0.354 e. The predicted octanol–water partition coefficient (Wildman–Crippen LogP) is 4.31. The third kappa shape index (κ3) is 1.87. The lowest BCUT2D eigenvalue weighted by atomic mass is 10.0. The number of carbonyl (C=O) groups is 1. The van der Waals surface area contributed by atoms with Gasteiger partial charge in [-0.2, -0.15) is 5.26 Å². The molecule has 0 atom stereocenters. The Kier molecular flexibility index (Phi) is 2.68. The molecule has 0 spiro atoms. The molecule has 4 heteroatoms. The lowest BCUT2D eigenvalue weighted by molar-refractivity contribution is 0.104. The van der Waals surface area contributed by atoms with E-state index >= 15 is 0 Å². The lowest BCUT2D eigenvalue weighted by Crippen LogP contribution is -1.95. The van der Waals surface area contributed by atoms with Gasteiger partial charge < -0.3 is 4.98 Å². The molecule has 1 aliphatic rings. The quantitative estimate of drug-likeness (QED) is 0.500. The molecule has 4 aromatic rings. The van der Waals surface area contributed by atoms with Gasteiger partial charge in [-0.3, -0.25) is 9.78 Å². The topological polar surface area (TPSA) is 69.5 Å². The van der Waals surface area contributed by atoms with Crippen LogP contribution in [-0.4, -0.2) is 15.8 Å². The Morgan fingerprint density at radius 2 is 1.92 bits per heavy atom. The van der Waals surface area contributed by atoms with Crippen LogP contribution < -0.4 is 0 Å². The molecule has 2 aromatic heterocycles. The van der Waals surface area contributed by atoms with Gasteiger partial charge in [0.05, 0.1) is 22.9 Å². The van der Waals surface area contributed by atoms with Gasteiger partial charge in [-0.05, 0) is 35.9 Å². The number of aromatic amines is 1. The van der Waals surface area contributed by atoms with Crippen molar-refractivity contribution >= 4 is 16.7 Å². The van der Waals surface area contributed by atoms with Crippen molar-refractivity contribution in [2.45, 2.75) is 0 Å². The van der Waals surface area contributed by atoms with Crippen LogP contribution in [0, 0.1) is 11.3 Å². The van der Waals surface area contributed by atoms with Gasteiger partial charge in [-0.1, -0.05) is 18.2 Å². The summed E-state index contributed by atoms with van der Waals surface area (Å²) in [6.45, 7) is 0. The van der Waals surface area contributed by atoms with Crippen molar-refractivity contribution in [3.8, 4) is 28.5 Å². The van der Waals surface area contributed by atoms with Crippen LogP contribution in [0.25, 0.3) is 33.3 Å². The van der Waals surface area contributed by atoms with E-state index in [0.29, 0.717) is 16.7 Å².